The number of nitrogens with zero attached hydrogens (tertiary/aromatic N) is 1. The van der Waals surface area contributed by atoms with Crippen molar-refractivity contribution in [2.45, 2.75) is 53.1 Å². The minimum Gasteiger partial charge on any atom is -0.379 e. The van der Waals surface area contributed by atoms with E-state index in [0.29, 0.717) is 19.6 Å². The van der Waals surface area contributed by atoms with Gasteiger partial charge in [-0.05, 0) is 44.4 Å². The van der Waals surface area contributed by atoms with Crippen molar-refractivity contribution in [2.24, 2.45) is 0 Å². The fraction of sp³-hybridized carbons (Fsp3) is 0.684. The van der Waals surface area contributed by atoms with Gasteiger partial charge < -0.3 is 14.5 Å². The molecular formula is C19H34NO5P. The average molecular weight is 387 g/mol. The van der Waals surface area contributed by atoms with Crippen LogP contribution >= 0.6 is 7.82 Å². The minimum atomic E-state index is -4.10. The van der Waals surface area contributed by atoms with Crippen LogP contribution in [0, 0.1) is 6.92 Å². The van der Waals surface area contributed by atoms with Crippen LogP contribution in [0.5, 0.6) is 0 Å². The summed E-state index contributed by atoms with van der Waals surface area (Å²) in [7, 11) is -4.10. The van der Waals surface area contributed by atoms with Crippen LogP contribution in [0.1, 0.15) is 45.6 Å². The molecule has 150 valence electrons. The molecule has 0 aliphatic rings. The number of ether oxygens (including phenoxy) is 1. The lowest BCUT2D eigenvalue weighted by atomic mass is 10.2. The first-order valence-corrected chi connectivity index (χ1v) is 11.0. The van der Waals surface area contributed by atoms with Crippen LogP contribution in [0.25, 0.3) is 0 Å². The maximum atomic E-state index is 12.2. The number of aryl methyl sites for hydroxylation is 1. The van der Waals surface area contributed by atoms with E-state index in [1.54, 1.807) is 0 Å². The van der Waals surface area contributed by atoms with Crippen LogP contribution in [0.4, 0.5) is 5.69 Å². The Kier molecular flexibility index (Phi) is 11.1. The summed E-state index contributed by atoms with van der Waals surface area (Å²) < 4.78 is 28.2. The Balaban J connectivity index is 2.79. The molecule has 0 radical (unpaired) electrons. The molecule has 6 nitrogen and oxygen atoms in total. The van der Waals surface area contributed by atoms with Gasteiger partial charge in [0.15, 0.2) is 0 Å². The number of likely N-dealkylation sites (N-methyl/N-ethyl adjacent to an activating group) is 1. The third-order valence-electron chi connectivity index (χ3n) is 3.86. The standard InChI is InChI=1S/C19H34NO5P/c1-5-8-13-23-16-19(25-26(21,22)24-12-6-2)15-20(7-3)18-11-9-10-17(4)14-18/h9-11,14,19H,5-8,12-13,15-16H2,1-4H3,(H,21,22). The summed E-state index contributed by atoms with van der Waals surface area (Å²) in [6.07, 6.45) is 2.08. The third kappa shape index (κ3) is 9.15. The largest absolute Gasteiger partial charge is 0.472 e. The average Bonchev–Trinajstić information content (AvgIpc) is 2.61. The van der Waals surface area contributed by atoms with Crippen molar-refractivity contribution in [3.8, 4) is 0 Å². The lowest BCUT2D eigenvalue weighted by Crippen LogP contribution is -2.36. The topological polar surface area (TPSA) is 68.2 Å². The minimum absolute atomic E-state index is 0.187. The highest BCUT2D eigenvalue weighted by molar-refractivity contribution is 7.47. The second-order valence-electron chi connectivity index (χ2n) is 6.34. The fourth-order valence-electron chi connectivity index (χ4n) is 2.49. The Morgan fingerprint density at radius 1 is 1.19 bits per heavy atom. The van der Waals surface area contributed by atoms with Gasteiger partial charge in [-0.15, -0.1) is 0 Å². The van der Waals surface area contributed by atoms with Gasteiger partial charge >= 0.3 is 7.82 Å². The molecule has 0 aliphatic heterocycles. The zero-order valence-corrected chi connectivity index (χ0v) is 17.4. The van der Waals surface area contributed by atoms with E-state index in [1.807, 2.05) is 39.0 Å². The van der Waals surface area contributed by atoms with Crippen molar-refractivity contribution in [1.29, 1.82) is 0 Å². The molecule has 0 bridgehead atoms. The molecule has 0 aromatic heterocycles. The van der Waals surface area contributed by atoms with Crippen LogP contribution in [0.15, 0.2) is 24.3 Å². The van der Waals surface area contributed by atoms with Crippen LogP contribution in [0.2, 0.25) is 0 Å². The van der Waals surface area contributed by atoms with E-state index < -0.39 is 13.9 Å². The Hall–Kier alpha value is -0.910. The number of unbranched alkanes of at least 4 members (excludes halogenated alkanes) is 1. The zero-order chi connectivity index (χ0) is 19.4. The molecule has 0 saturated heterocycles. The highest BCUT2D eigenvalue weighted by atomic mass is 31.2. The molecule has 1 N–H and O–H groups in total. The molecule has 0 fully saturated rings. The Morgan fingerprint density at radius 3 is 2.58 bits per heavy atom. The molecule has 0 amide bonds. The summed E-state index contributed by atoms with van der Waals surface area (Å²) in [5, 5.41) is 0. The second-order valence-corrected chi connectivity index (χ2v) is 7.74. The van der Waals surface area contributed by atoms with Gasteiger partial charge in [-0.1, -0.05) is 32.4 Å². The molecule has 1 aromatic rings. The van der Waals surface area contributed by atoms with E-state index in [0.717, 1.165) is 30.6 Å². The summed E-state index contributed by atoms with van der Waals surface area (Å²) in [5.74, 6) is 0. The van der Waals surface area contributed by atoms with Crippen molar-refractivity contribution in [3.63, 3.8) is 0 Å². The highest BCUT2D eigenvalue weighted by Gasteiger charge is 2.28. The van der Waals surface area contributed by atoms with Crippen molar-refractivity contribution >= 4 is 13.5 Å². The lowest BCUT2D eigenvalue weighted by Gasteiger charge is -2.29. The molecule has 2 atom stereocenters. The van der Waals surface area contributed by atoms with Gasteiger partial charge in [0.1, 0.15) is 6.10 Å². The molecule has 26 heavy (non-hydrogen) atoms. The summed E-state index contributed by atoms with van der Waals surface area (Å²) in [6.45, 7) is 10.3. The van der Waals surface area contributed by atoms with E-state index in [4.69, 9.17) is 13.8 Å². The van der Waals surface area contributed by atoms with Crippen molar-refractivity contribution in [2.75, 3.05) is 37.8 Å². The molecule has 7 heteroatoms. The maximum absolute atomic E-state index is 12.2. The summed E-state index contributed by atoms with van der Waals surface area (Å²) in [6, 6.07) is 8.16. The predicted octanol–water partition coefficient (Wildman–Crippen LogP) is 4.55. The second kappa shape index (κ2) is 12.5. The maximum Gasteiger partial charge on any atom is 0.472 e. The molecule has 0 heterocycles. The van der Waals surface area contributed by atoms with E-state index in [-0.39, 0.29) is 13.2 Å². The molecule has 0 aliphatic carbocycles. The molecule has 1 aromatic carbocycles. The molecule has 0 spiro atoms. The van der Waals surface area contributed by atoms with E-state index >= 15 is 0 Å². The third-order valence-corrected chi connectivity index (χ3v) is 4.93. The number of hydrogen-bond donors (Lipinski definition) is 1. The monoisotopic (exact) mass is 387 g/mol. The first-order valence-electron chi connectivity index (χ1n) is 9.46. The summed E-state index contributed by atoms with van der Waals surface area (Å²) in [4.78, 5) is 12.1. The smallest absolute Gasteiger partial charge is 0.379 e. The lowest BCUT2D eigenvalue weighted by molar-refractivity contribution is 0.0282. The van der Waals surface area contributed by atoms with E-state index in [9.17, 15) is 9.46 Å². The number of phosphoric acid groups is 1. The molecule has 0 saturated carbocycles. The van der Waals surface area contributed by atoms with Crippen molar-refractivity contribution in [1.82, 2.24) is 0 Å². The first kappa shape index (κ1) is 23.1. The van der Waals surface area contributed by atoms with Gasteiger partial charge in [0, 0.05) is 25.4 Å². The van der Waals surface area contributed by atoms with Gasteiger partial charge in [-0.25, -0.2) is 4.57 Å². The molecule has 1 rings (SSSR count). The van der Waals surface area contributed by atoms with Gasteiger partial charge in [-0.3, -0.25) is 9.05 Å². The van der Waals surface area contributed by atoms with Crippen molar-refractivity contribution < 1.29 is 23.2 Å². The fourth-order valence-corrected chi connectivity index (χ4v) is 3.47. The SMILES string of the molecule is CCCCOCC(CN(CC)c1cccc(C)c1)OP(=O)(O)OCCC. The van der Waals surface area contributed by atoms with Crippen LogP contribution in [-0.4, -0.2) is 43.9 Å². The van der Waals surface area contributed by atoms with Gasteiger partial charge in [0.25, 0.3) is 0 Å². The van der Waals surface area contributed by atoms with Crippen LogP contribution < -0.4 is 4.90 Å². The number of phosphoric ester groups is 1. The quantitative estimate of drug-likeness (QED) is 0.373. The molecular weight excluding hydrogens is 353 g/mol. The summed E-state index contributed by atoms with van der Waals surface area (Å²) >= 11 is 0. The van der Waals surface area contributed by atoms with E-state index in [2.05, 4.69) is 17.9 Å². The Morgan fingerprint density at radius 2 is 1.96 bits per heavy atom. The van der Waals surface area contributed by atoms with Gasteiger partial charge in [0.2, 0.25) is 0 Å². The summed E-state index contributed by atoms with van der Waals surface area (Å²) in [5.41, 5.74) is 2.22. The number of benzene rings is 1. The van der Waals surface area contributed by atoms with Gasteiger partial charge in [-0.2, -0.15) is 0 Å². The van der Waals surface area contributed by atoms with Crippen LogP contribution in [-0.2, 0) is 18.3 Å². The number of rotatable bonds is 14. The number of anilines is 1. The normalized spacial score (nSPS) is 14.8. The molecule has 2 unspecified atom stereocenters. The van der Waals surface area contributed by atoms with E-state index in [1.165, 1.54) is 0 Å². The predicted molar refractivity (Wildman–Crippen MR) is 106 cm³/mol. The number of hydrogen-bond acceptors (Lipinski definition) is 5. The van der Waals surface area contributed by atoms with Crippen molar-refractivity contribution in [3.05, 3.63) is 29.8 Å². The van der Waals surface area contributed by atoms with Crippen LogP contribution in [0.3, 0.4) is 0 Å². The zero-order valence-electron chi connectivity index (χ0n) is 16.5. The highest BCUT2D eigenvalue weighted by Crippen LogP contribution is 2.44. The Bertz CT molecular complexity index is 554. The first-order chi connectivity index (χ1) is 12.4. The Labute approximate surface area is 158 Å². The van der Waals surface area contributed by atoms with Gasteiger partial charge in [0.05, 0.1) is 13.2 Å².